The number of methoxy groups -OCH3 is 1. The third kappa shape index (κ3) is 10.2. The first-order chi connectivity index (χ1) is 18.7. The highest BCUT2D eigenvalue weighted by Crippen LogP contribution is 2.18. The van der Waals surface area contributed by atoms with Gasteiger partial charge in [-0.1, -0.05) is 51.7 Å². The van der Waals surface area contributed by atoms with Crippen molar-refractivity contribution in [2.24, 2.45) is 5.92 Å². The van der Waals surface area contributed by atoms with Crippen LogP contribution in [0.25, 0.3) is 0 Å². The molecular weight excluding hydrogens is 500 g/mol. The normalized spacial score (nSPS) is 22.2. The molecule has 1 aromatic carbocycles. The highest BCUT2D eigenvalue weighted by molar-refractivity contribution is 5.93. The molecule has 0 aromatic heterocycles. The average Bonchev–Trinajstić information content (AvgIpc) is 3.17. The lowest BCUT2D eigenvalue weighted by atomic mass is 10.0. The number of fused-ring (bicyclic) bond motifs is 13. The highest BCUT2D eigenvalue weighted by Gasteiger charge is 2.30. The standard InChI is InChI=1S/C29H44N4O6/c1-20(2)16-25-29(37)33(14-15-38-3)18-26(34)31-24(28(36)30-22-8-6-4-5-7-9-22)17-21-10-12-23(13-11-21)39-19-27(35)32-25/h10-13,20,22,24-25H,4-9,14-19H2,1-3H3,(H,30,36)(H,31,34)(H,32,35)/t24-,25-/m0/s1. The van der Waals surface area contributed by atoms with Gasteiger partial charge in [-0.05, 0) is 42.9 Å². The Hall–Kier alpha value is -3.14. The smallest absolute Gasteiger partial charge is 0.258 e. The maximum Gasteiger partial charge on any atom is 0.258 e. The van der Waals surface area contributed by atoms with Crippen LogP contribution in [0, 0.1) is 5.92 Å². The fourth-order valence-electron chi connectivity index (χ4n) is 5.07. The largest absolute Gasteiger partial charge is 0.484 e. The molecule has 1 saturated carbocycles. The number of ether oxygens (including phenoxy) is 2. The molecule has 0 spiro atoms. The minimum atomic E-state index is -0.824. The van der Waals surface area contributed by atoms with E-state index in [9.17, 15) is 19.2 Å². The number of nitrogens with one attached hydrogen (secondary N) is 3. The molecule has 4 amide bonds. The van der Waals surface area contributed by atoms with Crippen LogP contribution in [-0.2, 0) is 30.3 Å². The second-order valence-corrected chi connectivity index (χ2v) is 11.0. The van der Waals surface area contributed by atoms with Gasteiger partial charge in [-0.3, -0.25) is 19.2 Å². The zero-order chi connectivity index (χ0) is 28.2. The third-order valence-corrected chi connectivity index (χ3v) is 7.14. The Bertz CT molecular complexity index is 959. The number of carbonyl (C=O) groups excluding carboxylic acids is 4. The Morgan fingerprint density at radius 3 is 2.38 bits per heavy atom. The minimum Gasteiger partial charge on any atom is -0.484 e. The molecule has 10 heteroatoms. The van der Waals surface area contributed by atoms with Crippen molar-refractivity contribution in [3.63, 3.8) is 0 Å². The lowest BCUT2D eigenvalue weighted by Gasteiger charge is -2.29. The first-order valence-electron chi connectivity index (χ1n) is 14.1. The summed E-state index contributed by atoms with van der Waals surface area (Å²) in [5, 5.41) is 8.81. The number of hydrogen-bond donors (Lipinski definition) is 3. The summed E-state index contributed by atoms with van der Waals surface area (Å²) < 4.78 is 10.8. The number of nitrogens with zero attached hydrogens (tertiary/aromatic N) is 1. The van der Waals surface area contributed by atoms with E-state index in [0.29, 0.717) is 12.2 Å². The summed E-state index contributed by atoms with van der Waals surface area (Å²) in [6.45, 7) is 3.81. The quantitative estimate of drug-likeness (QED) is 0.356. The molecular formula is C29H44N4O6. The minimum absolute atomic E-state index is 0.0909. The van der Waals surface area contributed by atoms with Crippen molar-refractivity contribution in [3.8, 4) is 5.75 Å². The highest BCUT2D eigenvalue weighted by atomic mass is 16.5. The molecule has 3 N–H and O–H groups in total. The van der Waals surface area contributed by atoms with Crippen molar-refractivity contribution < 1.29 is 28.7 Å². The molecule has 216 valence electrons. The van der Waals surface area contributed by atoms with Crippen LogP contribution in [0.1, 0.15) is 64.4 Å². The van der Waals surface area contributed by atoms with Crippen molar-refractivity contribution in [1.29, 1.82) is 0 Å². The van der Waals surface area contributed by atoms with E-state index < -0.39 is 23.9 Å². The van der Waals surface area contributed by atoms with Crippen LogP contribution in [0.5, 0.6) is 5.75 Å². The molecule has 2 atom stereocenters. The number of hydrogen-bond acceptors (Lipinski definition) is 6. The lowest BCUT2D eigenvalue weighted by Crippen LogP contribution is -2.55. The molecule has 0 saturated heterocycles. The van der Waals surface area contributed by atoms with Gasteiger partial charge < -0.3 is 30.3 Å². The molecule has 39 heavy (non-hydrogen) atoms. The molecule has 1 aromatic rings. The molecule has 2 aliphatic heterocycles. The van der Waals surface area contributed by atoms with Crippen LogP contribution in [0.4, 0.5) is 0 Å². The van der Waals surface area contributed by atoms with Gasteiger partial charge in [0.25, 0.3) is 5.91 Å². The number of benzene rings is 1. The van der Waals surface area contributed by atoms with Gasteiger partial charge in [-0.2, -0.15) is 0 Å². The van der Waals surface area contributed by atoms with E-state index in [4.69, 9.17) is 9.47 Å². The van der Waals surface area contributed by atoms with Crippen LogP contribution in [-0.4, -0.2) is 80.1 Å². The first-order valence-corrected chi connectivity index (χ1v) is 14.1. The molecule has 1 aliphatic carbocycles. The van der Waals surface area contributed by atoms with E-state index in [1.807, 2.05) is 26.0 Å². The molecule has 10 nitrogen and oxygen atoms in total. The summed E-state index contributed by atoms with van der Waals surface area (Å²) in [4.78, 5) is 54.2. The zero-order valence-corrected chi connectivity index (χ0v) is 23.5. The second-order valence-electron chi connectivity index (χ2n) is 11.0. The third-order valence-electron chi connectivity index (χ3n) is 7.14. The monoisotopic (exact) mass is 544 g/mol. The van der Waals surface area contributed by atoms with Crippen molar-refractivity contribution in [3.05, 3.63) is 29.8 Å². The van der Waals surface area contributed by atoms with Gasteiger partial charge in [0.1, 0.15) is 17.8 Å². The van der Waals surface area contributed by atoms with Crippen LogP contribution >= 0.6 is 0 Å². The van der Waals surface area contributed by atoms with Crippen molar-refractivity contribution in [1.82, 2.24) is 20.9 Å². The van der Waals surface area contributed by atoms with Gasteiger partial charge in [0.05, 0.1) is 13.2 Å². The predicted octanol–water partition coefficient (Wildman–Crippen LogP) is 1.95. The maximum atomic E-state index is 13.5. The van der Waals surface area contributed by atoms with Crippen molar-refractivity contribution in [2.75, 3.05) is 33.4 Å². The van der Waals surface area contributed by atoms with E-state index in [-0.39, 0.29) is 56.5 Å². The topological polar surface area (TPSA) is 126 Å². The zero-order valence-electron chi connectivity index (χ0n) is 23.5. The fraction of sp³-hybridized carbons (Fsp3) is 0.655. The Morgan fingerprint density at radius 1 is 1.05 bits per heavy atom. The summed E-state index contributed by atoms with van der Waals surface area (Å²) in [6, 6.07) is 5.59. The van der Waals surface area contributed by atoms with Crippen molar-refractivity contribution >= 4 is 23.6 Å². The van der Waals surface area contributed by atoms with Crippen LogP contribution in [0.2, 0.25) is 0 Å². The molecule has 1 fully saturated rings. The van der Waals surface area contributed by atoms with Crippen LogP contribution < -0.4 is 20.7 Å². The van der Waals surface area contributed by atoms with Gasteiger partial charge in [0.2, 0.25) is 17.7 Å². The molecule has 2 heterocycles. The van der Waals surface area contributed by atoms with Gasteiger partial charge in [0, 0.05) is 26.1 Å². The van der Waals surface area contributed by atoms with E-state index >= 15 is 0 Å². The molecule has 3 aliphatic rings. The summed E-state index contributed by atoms with van der Waals surface area (Å²) in [5.41, 5.74) is 0.838. The molecule has 0 radical (unpaired) electrons. The SMILES string of the molecule is COCCN1CC(=O)N[C@H](C(=O)NC2CCCCCC2)Cc2ccc(cc2)OCC(=O)N[C@@H](CC(C)C)C1=O. The first kappa shape index (κ1) is 30.4. The lowest BCUT2D eigenvalue weighted by molar-refractivity contribution is -0.141. The van der Waals surface area contributed by atoms with E-state index in [0.717, 1.165) is 31.2 Å². The van der Waals surface area contributed by atoms with Gasteiger partial charge in [-0.25, -0.2) is 0 Å². The Balaban J connectivity index is 1.86. The molecule has 4 rings (SSSR count). The van der Waals surface area contributed by atoms with Crippen LogP contribution in [0.3, 0.4) is 0 Å². The van der Waals surface area contributed by atoms with E-state index in [2.05, 4.69) is 16.0 Å². The Kier molecular flexibility index (Phi) is 12.0. The second kappa shape index (κ2) is 15.5. The van der Waals surface area contributed by atoms with E-state index in [1.165, 1.54) is 24.9 Å². The summed E-state index contributed by atoms with van der Waals surface area (Å²) in [5.74, 6) is -0.847. The van der Waals surface area contributed by atoms with E-state index in [1.54, 1.807) is 12.1 Å². The molecule has 2 bridgehead atoms. The molecule has 0 unspecified atom stereocenters. The Morgan fingerprint density at radius 2 is 1.74 bits per heavy atom. The number of carbonyl (C=O) groups is 4. The summed E-state index contributed by atoms with van der Waals surface area (Å²) in [7, 11) is 1.52. The summed E-state index contributed by atoms with van der Waals surface area (Å²) >= 11 is 0. The summed E-state index contributed by atoms with van der Waals surface area (Å²) in [6.07, 6.45) is 7.04. The maximum absolute atomic E-state index is 13.5. The predicted molar refractivity (Wildman–Crippen MR) is 147 cm³/mol. The van der Waals surface area contributed by atoms with Gasteiger partial charge in [0.15, 0.2) is 6.61 Å². The number of rotatable bonds is 7. The van der Waals surface area contributed by atoms with Crippen molar-refractivity contribution in [2.45, 2.75) is 83.3 Å². The van der Waals surface area contributed by atoms with Crippen LogP contribution in [0.15, 0.2) is 24.3 Å². The van der Waals surface area contributed by atoms with Gasteiger partial charge in [-0.15, -0.1) is 0 Å². The Labute approximate surface area is 231 Å². The average molecular weight is 545 g/mol. The van der Waals surface area contributed by atoms with Gasteiger partial charge >= 0.3 is 0 Å². The number of amides is 4. The fourth-order valence-corrected chi connectivity index (χ4v) is 5.07.